The number of aliphatic hydroxyl groups excluding tert-OH is 1. The van der Waals surface area contributed by atoms with Gasteiger partial charge in [-0.1, -0.05) is 13.8 Å². The minimum absolute atomic E-state index is 0.00181. The lowest BCUT2D eigenvalue weighted by Gasteiger charge is -2.62. The van der Waals surface area contributed by atoms with Crippen LogP contribution in [-0.2, 0) is 24.4 Å². The first-order valence-corrected chi connectivity index (χ1v) is 15.3. The first-order chi connectivity index (χ1) is 16.6. The van der Waals surface area contributed by atoms with Gasteiger partial charge in [0.25, 0.3) is 10.1 Å². The lowest BCUT2D eigenvalue weighted by atomic mass is 9.43. The first-order valence-electron chi connectivity index (χ1n) is 13.7. The van der Waals surface area contributed by atoms with Crippen molar-refractivity contribution < 1.29 is 32.4 Å². The van der Waals surface area contributed by atoms with Gasteiger partial charge in [0.1, 0.15) is 11.5 Å². The lowest BCUT2D eigenvalue weighted by Crippen LogP contribution is -2.64. The smallest absolute Gasteiger partial charge is 0.272 e. The highest BCUT2D eigenvalue weighted by molar-refractivity contribution is 7.86. The zero-order chi connectivity index (χ0) is 26.3. The van der Waals surface area contributed by atoms with Gasteiger partial charge in [-0.3, -0.25) is 19.0 Å². The SMILES string of the molecule is CC1(C)CN([C@H]2C[C@@]3(C)[C@@H](CC[C@H]4[C@@H]5CC[C@H](C(=O)CS(=O)(=O)O)[C@@]5(C)CC(=O)[C@@H]43)C[C@@H]2O)CCO1. The van der Waals surface area contributed by atoms with Crippen LogP contribution in [0.1, 0.15) is 72.6 Å². The number of nitrogens with zero attached hydrogens (tertiary/aromatic N) is 1. The molecule has 0 aromatic heterocycles. The molecule has 204 valence electrons. The maximum Gasteiger partial charge on any atom is 0.272 e. The quantitative estimate of drug-likeness (QED) is 0.538. The Morgan fingerprint density at radius 2 is 1.83 bits per heavy atom. The molecular formula is C27H43NO7S. The van der Waals surface area contributed by atoms with Gasteiger partial charge in [0.05, 0.1) is 18.3 Å². The molecule has 5 rings (SSSR count). The highest BCUT2D eigenvalue weighted by atomic mass is 32.2. The van der Waals surface area contributed by atoms with E-state index >= 15 is 0 Å². The third-order valence-corrected chi connectivity index (χ3v) is 11.7. The Bertz CT molecular complexity index is 1030. The number of hydrogen-bond acceptors (Lipinski definition) is 7. The maximum absolute atomic E-state index is 14.0. The molecule has 1 saturated heterocycles. The van der Waals surface area contributed by atoms with Gasteiger partial charge in [0.15, 0.2) is 5.78 Å². The molecule has 8 nitrogen and oxygen atoms in total. The maximum atomic E-state index is 14.0. The van der Waals surface area contributed by atoms with Crippen molar-refractivity contribution in [3.05, 3.63) is 0 Å². The molecule has 5 aliphatic rings. The molecule has 0 amide bonds. The largest absolute Gasteiger partial charge is 0.391 e. The molecule has 4 saturated carbocycles. The van der Waals surface area contributed by atoms with Crippen LogP contribution in [0, 0.1) is 40.4 Å². The molecule has 2 N–H and O–H groups in total. The second-order valence-corrected chi connectivity index (χ2v) is 15.1. The Kier molecular flexibility index (Phi) is 6.56. The van der Waals surface area contributed by atoms with Crippen LogP contribution >= 0.6 is 0 Å². The highest BCUT2D eigenvalue weighted by Crippen LogP contribution is 2.66. The molecule has 5 fully saturated rings. The minimum atomic E-state index is -4.39. The monoisotopic (exact) mass is 525 g/mol. The van der Waals surface area contributed by atoms with Crippen LogP contribution in [0.4, 0.5) is 0 Å². The van der Waals surface area contributed by atoms with Gasteiger partial charge in [0.2, 0.25) is 0 Å². The number of rotatable bonds is 4. The molecule has 0 radical (unpaired) electrons. The van der Waals surface area contributed by atoms with Gasteiger partial charge in [-0.15, -0.1) is 0 Å². The van der Waals surface area contributed by atoms with Gasteiger partial charge < -0.3 is 9.84 Å². The first kappa shape index (κ1) is 26.7. The van der Waals surface area contributed by atoms with E-state index in [9.17, 15) is 27.7 Å². The Hall–Kier alpha value is -0.870. The minimum Gasteiger partial charge on any atom is -0.391 e. The number of Topliss-reactive ketones (excluding diaryl/α,β-unsaturated/α-hetero) is 2. The Morgan fingerprint density at radius 3 is 2.50 bits per heavy atom. The predicted molar refractivity (Wildman–Crippen MR) is 134 cm³/mol. The summed E-state index contributed by atoms with van der Waals surface area (Å²) in [7, 11) is -4.39. The number of aliphatic hydroxyl groups is 1. The fraction of sp³-hybridized carbons (Fsp3) is 0.926. The average Bonchev–Trinajstić information content (AvgIpc) is 3.08. The van der Waals surface area contributed by atoms with Crippen molar-refractivity contribution in [2.45, 2.75) is 90.4 Å². The second kappa shape index (κ2) is 8.83. The van der Waals surface area contributed by atoms with Crippen molar-refractivity contribution >= 4 is 21.7 Å². The molecule has 1 heterocycles. The summed E-state index contributed by atoms with van der Waals surface area (Å²) in [4.78, 5) is 29.2. The number of morpholine rings is 1. The molecule has 0 aromatic rings. The molecule has 0 aromatic carbocycles. The third kappa shape index (κ3) is 4.40. The summed E-state index contributed by atoms with van der Waals surface area (Å²) in [5, 5.41) is 11.2. The van der Waals surface area contributed by atoms with Gasteiger partial charge in [0, 0.05) is 37.4 Å². The Labute approximate surface area is 215 Å². The summed E-state index contributed by atoms with van der Waals surface area (Å²) in [6.45, 7) is 10.6. The van der Waals surface area contributed by atoms with Crippen molar-refractivity contribution in [1.82, 2.24) is 4.90 Å². The molecule has 0 bridgehead atoms. The highest BCUT2D eigenvalue weighted by Gasteiger charge is 2.65. The molecule has 9 atom stereocenters. The van der Waals surface area contributed by atoms with E-state index in [0.717, 1.165) is 38.8 Å². The van der Waals surface area contributed by atoms with Gasteiger partial charge >= 0.3 is 0 Å². The van der Waals surface area contributed by atoms with E-state index in [1.54, 1.807) is 0 Å². The zero-order valence-corrected chi connectivity index (χ0v) is 22.9. The fourth-order valence-corrected chi connectivity index (χ4v) is 10.2. The Morgan fingerprint density at radius 1 is 1.11 bits per heavy atom. The van der Waals surface area contributed by atoms with Crippen molar-refractivity contribution in [2.24, 2.45) is 40.4 Å². The average molecular weight is 526 g/mol. The van der Waals surface area contributed by atoms with Crippen LogP contribution in [0.5, 0.6) is 0 Å². The molecule has 0 spiro atoms. The van der Waals surface area contributed by atoms with Crippen LogP contribution < -0.4 is 0 Å². The van der Waals surface area contributed by atoms with Gasteiger partial charge in [-0.2, -0.15) is 8.42 Å². The molecule has 9 heteroatoms. The number of ketones is 2. The summed E-state index contributed by atoms with van der Waals surface area (Å²) in [6.07, 6.45) is 4.67. The van der Waals surface area contributed by atoms with E-state index < -0.39 is 39.1 Å². The van der Waals surface area contributed by atoms with Crippen LogP contribution in [0.2, 0.25) is 0 Å². The number of fused-ring (bicyclic) bond motifs is 5. The van der Waals surface area contributed by atoms with Gasteiger partial charge in [-0.05, 0) is 81.0 Å². The lowest BCUT2D eigenvalue weighted by molar-refractivity contribution is -0.177. The normalized spacial score (nSPS) is 47.1. The molecule has 36 heavy (non-hydrogen) atoms. The van der Waals surface area contributed by atoms with E-state index in [1.807, 2.05) is 6.92 Å². The molecule has 1 aliphatic heterocycles. The second-order valence-electron chi connectivity index (χ2n) is 13.7. The number of carbonyl (C=O) groups is 2. The van der Waals surface area contributed by atoms with E-state index in [-0.39, 0.29) is 40.6 Å². The third-order valence-electron chi connectivity index (χ3n) is 11.0. The predicted octanol–water partition coefficient (Wildman–Crippen LogP) is 2.73. The molecule has 4 aliphatic carbocycles. The van der Waals surface area contributed by atoms with E-state index in [1.165, 1.54) is 0 Å². The van der Waals surface area contributed by atoms with Crippen molar-refractivity contribution in [3.8, 4) is 0 Å². The summed E-state index contributed by atoms with van der Waals surface area (Å²) >= 11 is 0. The topological polar surface area (TPSA) is 121 Å². The molecular weight excluding hydrogens is 482 g/mol. The summed E-state index contributed by atoms with van der Waals surface area (Å²) < 4.78 is 38.0. The standard InChI is InChI=1S/C27H43NO7S/c1-25(2)15-28(9-10-35-25)20-12-26(3)16(11-21(20)29)5-6-17-18-7-8-19(23(31)14-36(32,33)34)27(18,4)13-22(30)24(17)26/h16-21,24,29H,5-15H2,1-4H3,(H,32,33,34)/t16-,17-,18-,19+,20-,21-,24+,26-,27-/m0/s1. The number of carbonyl (C=O) groups excluding carboxylic acids is 2. The Balaban J connectivity index is 1.41. The number of hydrogen-bond donors (Lipinski definition) is 2. The number of ether oxygens (including phenoxy) is 1. The fourth-order valence-electron chi connectivity index (χ4n) is 9.61. The van der Waals surface area contributed by atoms with Crippen molar-refractivity contribution in [1.29, 1.82) is 0 Å². The molecule has 0 unspecified atom stereocenters. The van der Waals surface area contributed by atoms with Crippen LogP contribution in [-0.4, -0.2) is 77.7 Å². The van der Waals surface area contributed by atoms with E-state index in [2.05, 4.69) is 25.7 Å². The van der Waals surface area contributed by atoms with Crippen LogP contribution in [0.15, 0.2) is 0 Å². The van der Waals surface area contributed by atoms with Gasteiger partial charge in [-0.25, -0.2) is 0 Å². The summed E-state index contributed by atoms with van der Waals surface area (Å²) in [6, 6.07) is 0.00181. The van der Waals surface area contributed by atoms with Crippen molar-refractivity contribution in [3.63, 3.8) is 0 Å². The summed E-state index contributed by atoms with van der Waals surface area (Å²) in [5.41, 5.74) is -1.02. The van der Waals surface area contributed by atoms with E-state index in [0.29, 0.717) is 31.8 Å². The zero-order valence-electron chi connectivity index (χ0n) is 22.1. The summed E-state index contributed by atoms with van der Waals surface area (Å²) in [5.74, 6) is -1.04. The van der Waals surface area contributed by atoms with E-state index in [4.69, 9.17) is 4.74 Å². The van der Waals surface area contributed by atoms with Crippen LogP contribution in [0.25, 0.3) is 0 Å². The van der Waals surface area contributed by atoms with Crippen LogP contribution in [0.3, 0.4) is 0 Å². The van der Waals surface area contributed by atoms with Crippen molar-refractivity contribution in [2.75, 3.05) is 25.4 Å².